The number of fused-ring (bicyclic) bond motifs is 3. The van der Waals surface area contributed by atoms with Crippen LogP contribution in [0.4, 0.5) is 11.9 Å². The molecule has 142 valence electrons. The van der Waals surface area contributed by atoms with Gasteiger partial charge in [-0.05, 0) is 28.1 Å². The molecule has 2 fully saturated rings. The highest BCUT2D eigenvalue weighted by Crippen LogP contribution is 2.28. The number of hydrogen-bond donors (Lipinski definition) is 3. The molecule has 4 aromatic rings. The van der Waals surface area contributed by atoms with E-state index in [1.54, 1.807) is 10.7 Å². The number of H-pyrrole nitrogens is 1. The van der Waals surface area contributed by atoms with Crippen LogP contribution < -0.4 is 15.5 Å². The maximum absolute atomic E-state index is 4.78. The summed E-state index contributed by atoms with van der Waals surface area (Å²) in [6.45, 7) is 3.53. The van der Waals surface area contributed by atoms with E-state index in [0.717, 1.165) is 52.6 Å². The monoisotopic (exact) mass is 439 g/mol. The molecule has 5 heterocycles. The van der Waals surface area contributed by atoms with Crippen LogP contribution in [0.15, 0.2) is 34.9 Å². The molecule has 6 rings (SSSR count). The average Bonchev–Trinajstić information content (AvgIpc) is 3.36. The molecule has 1 aromatic carbocycles. The van der Waals surface area contributed by atoms with Crippen molar-refractivity contribution in [2.75, 3.05) is 29.9 Å². The van der Waals surface area contributed by atoms with Gasteiger partial charge in [-0.1, -0.05) is 12.1 Å². The summed E-state index contributed by atoms with van der Waals surface area (Å²) >= 11 is 3.55. The minimum absolute atomic E-state index is 0.518. The molecule has 2 aliphatic heterocycles. The van der Waals surface area contributed by atoms with E-state index in [9.17, 15) is 0 Å². The van der Waals surface area contributed by atoms with Crippen molar-refractivity contribution in [2.24, 2.45) is 5.92 Å². The third-order valence-corrected chi connectivity index (χ3v) is 6.09. The smallest absolute Gasteiger partial charge is 0.230 e. The first-order chi connectivity index (χ1) is 13.7. The van der Waals surface area contributed by atoms with Gasteiger partial charge in [-0.3, -0.25) is 0 Å². The van der Waals surface area contributed by atoms with Crippen molar-refractivity contribution in [1.82, 2.24) is 34.9 Å². The van der Waals surface area contributed by atoms with Gasteiger partial charge in [-0.2, -0.15) is 19.6 Å². The average molecular weight is 440 g/mol. The zero-order valence-electron chi connectivity index (χ0n) is 14.9. The molecule has 10 heteroatoms. The molecule has 0 spiro atoms. The molecule has 0 aliphatic carbocycles. The van der Waals surface area contributed by atoms with Crippen LogP contribution in [-0.2, 0) is 6.54 Å². The molecule has 2 aliphatic rings. The fourth-order valence-electron chi connectivity index (χ4n) is 3.96. The van der Waals surface area contributed by atoms with Crippen molar-refractivity contribution in [3.63, 3.8) is 0 Å². The summed E-state index contributed by atoms with van der Waals surface area (Å²) < 4.78 is 2.57. The number of aromatic nitrogens is 6. The number of anilines is 2. The summed E-state index contributed by atoms with van der Waals surface area (Å²) in [7, 11) is 0. The van der Waals surface area contributed by atoms with Crippen LogP contribution >= 0.6 is 15.9 Å². The lowest BCUT2D eigenvalue weighted by Gasteiger charge is -2.29. The van der Waals surface area contributed by atoms with Crippen LogP contribution in [0.1, 0.15) is 5.82 Å². The van der Waals surface area contributed by atoms with Gasteiger partial charge in [0.25, 0.3) is 0 Å². The fourth-order valence-corrected chi connectivity index (χ4v) is 4.31. The molecule has 28 heavy (non-hydrogen) atoms. The Hall–Kier alpha value is -2.72. The van der Waals surface area contributed by atoms with E-state index in [4.69, 9.17) is 9.97 Å². The van der Waals surface area contributed by atoms with Gasteiger partial charge in [0.05, 0.1) is 28.2 Å². The quantitative estimate of drug-likeness (QED) is 0.445. The maximum atomic E-state index is 4.78. The Labute approximate surface area is 168 Å². The first-order valence-electron chi connectivity index (χ1n) is 9.32. The van der Waals surface area contributed by atoms with Gasteiger partial charge < -0.3 is 20.5 Å². The van der Waals surface area contributed by atoms with Gasteiger partial charge in [0.2, 0.25) is 11.9 Å². The Morgan fingerprint density at radius 2 is 2.11 bits per heavy atom. The first-order valence-corrected chi connectivity index (χ1v) is 10.1. The molecule has 0 unspecified atom stereocenters. The minimum atomic E-state index is 0.518. The standard InChI is InChI=1S/C18H18BrN9/c19-11-6-22-28-16(11)25-18(27-8-10-5-20-14(10)9-27)26-17(28)21-7-15-23-12-3-1-2-4-13(12)24-15/h1-4,6,10,14,20H,5,7-9H2,(H,23,24)(H,21,25,26)/t10-,14+/m0/s1. The molecule has 9 nitrogen and oxygen atoms in total. The number of rotatable bonds is 4. The van der Waals surface area contributed by atoms with E-state index >= 15 is 0 Å². The van der Waals surface area contributed by atoms with Gasteiger partial charge in [0.15, 0.2) is 5.65 Å². The number of para-hydroxylation sites is 2. The van der Waals surface area contributed by atoms with Crippen molar-refractivity contribution in [1.29, 1.82) is 0 Å². The van der Waals surface area contributed by atoms with Gasteiger partial charge >= 0.3 is 0 Å². The molecule has 3 N–H and O–H groups in total. The van der Waals surface area contributed by atoms with Crippen molar-refractivity contribution >= 4 is 44.5 Å². The number of halogens is 1. The summed E-state index contributed by atoms with van der Waals surface area (Å²) in [6.07, 6.45) is 1.75. The first kappa shape index (κ1) is 16.3. The Balaban J connectivity index is 1.33. The SMILES string of the molecule is Brc1cnn2c(NCc3nc4ccccc4[nH]3)nc(N3C[C@@H]4CN[C@@H]4C3)nc12. The third kappa shape index (κ3) is 2.55. The number of hydrogen-bond acceptors (Lipinski definition) is 7. The van der Waals surface area contributed by atoms with E-state index in [0.29, 0.717) is 24.5 Å². The van der Waals surface area contributed by atoms with Crippen LogP contribution in [0.2, 0.25) is 0 Å². The number of aromatic amines is 1. The van der Waals surface area contributed by atoms with Gasteiger partial charge in [0.1, 0.15) is 5.82 Å². The summed E-state index contributed by atoms with van der Waals surface area (Å²) in [4.78, 5) is 19.7. The highest BCUT2D eigenvalue weighted by Gasteiger charge is 2.40. The summed E-state index contributed by atoms with van der Waals surface area (Å²) in [5.41, 5.74) is 2.73. The second-order valence-electron chi connectivity index (χ2n) is 7.31. The summed E-state index contributed by atoms with van der Waals surface area (Å²) in [5.74, 6) is 2.93. The second-order valence-corrected chi connectivity index (χ2v) is 8.16. The second kappa shape index (κ2) is 6.14. The molecule has 0 radical (unpaired) electrons. The van der Waals surface area contributed by atoms with Crippen molar-refractivity contribution < 1.29 is 0 Å². The van der Waals surface area contributed by atoms with Crippen LogP contribution in [0.25, 0.3) is 16.7 Å². The number of benzene rings is 1. The molecule has 0 bridgehead atoms. The lowest BCUT2D eigenvalue weighted by atomic mass is 9.96. The van der Waals surface area contributed by atoms with E-state index in [1.165, 1.54) is 0 Å². The van der Waals surface area contributed by atoms with Crippen molar-refractivity contribution in [3.8, 4) is 0 Å². The largest absolute Gasteiger partial charge is 0.347 e. The maximum Gasteiger partial charge on any atom is 0.230 e. The van der Waals surface area contributed by atoms with Crippen molar-refractivity contribution in [3.05, 3.63) is 40.8 Å². The molecule has 0 saturated carbocycles. The predicted molar refractivity (Wildman–Crippen MR) is 109 cm³/mol. The van der Waals surface area contributed by atoms with E-state index < -0.39 is 0 Å². The zero-order valence-corrected chi connectivity index (χ0v) is 16.5. The molecular weight excluding hydrogens is 422 g/mol. The Morgan fingerprint density at radius 3 is 2.89 bits per heavy atom. The summed E-state index contributed by atoms with van der Waals surface area (Å²) in [5, 5.41) is 11.2. The molecule has 2 atom stereocenters. The van der Waals surface area contributed by atoms with Crippen LogP contribution in [0, 0.1) is 5.92 Å². The van der Waals surface area contributed by atoms with Crippen molar-refractivity contribution in [2.45, 2.75) is 12.6 Å². The third-order valence-electron chi connectivity index (χ3n) is 5.53. The molecule has 2 saturated heterocycles. The Morgan fingerprint density at radius 1 is 1.18 bits per heavy atom. The zero-order chi connectivity index (χ0) is 18.7. The van der Waals surface area contributed by atoms with Gasteiger partial charge in [0, 0.05) is 31.6 Å². The van der Waals surface area contributed by atoms with E-state index in [1.807, 2.05) is 24.3 Å². The number of nitrogens with zero attached hydrogens (tertiary/aromatic N) is 6. The fraction of sp³-hybridized carbons (Fsp3) is 0.333. The highest BCUT2D eigenvalue weighted by atomic mass is 79.9. The minimum Gasteiger partial charge on any atom is -0.347 e. The number of imidazole rings is 1. The van der Waals surface area contributed by atoms with Gasteiger partial charge in [-0.15, -0.1) is 0 Å². The molecular formula is C18H18BrN9. The van der Waals surface area contributed by atoms with Gasteiger partial charge in [-0.25, -0.2) is 4.98 Å². The Bertz CT molecular complexity index is 1140. The lowest BCUT2D eigenvalue weighted by Crippen LogP contribution is -2.51. The lowest BCUT2D eigenvalue weighted by molar-refractivity contribution is 0.297. The van der Waals surface area contributed by atoms with Crippen LogP contribution in [0.3, 0.4) is 0 Å². The van der Waals surface area contributed by atoms with Crippen LogP contribution in [-0.4, -0.2) is 55.2 Å². The topological polar surface area (TPSA) is 99.1 Å². The highest BCUT2D eigenvalue weighted by molar-refractivity contribution is 9.10. The summed E-state index contributed by atoms with van der Waals surface area (Å²) in [6, 6.07) is 8.56. The number of nitrogens with one attached hydrogen (secondary N) is 3. The van der Waals surface area contributed by atoms with Crippen LogP contribution in [0.5, 0.6) is 0 Å². The normalized spacial score (nSPS) is 21.2. The predicted octanol–water partition coefficient (Wildman–Crippen LogP) is 1.78. The van der Waals surface area contributed by atoms with E-state index in [-0.39, 0.29) is 0 Å². The Kier molecular flexibility index (Phi) is 3.57. The molecule has 3 aromatic heterocycles. The molecule has 0 amide bonds. The van der Waals surface area contributed by atoms with E-state index in [2.05, 4.69) is 46.5 Å².